The molecule has 2 aliphatic heterocycles. The van der Waals surface area contributed by atoms with E-state index in [1.807, 2.05) is 48.5 Å². The van der Waals surface area contributed by atoms with Crippen molar-refractivity contribution in [1.82, 2.24) is 4.90 Å². The van der Waals surface area contributed by atoms with Gasteiger partial charge in [-0.05, 0) is 54.3 Å². The molecule has 4 nitrogen and oxygen atoms in total. The van der Waals surface area contributed by atoms with Crippen LogP contribution in [0.4, 0.5) is 11.4 Å². The van der Waals surface area contributed by atoms with Crippen molar-refractivity contribution >= 4 is 28.9 Å². The van der Waals surface area contributed by atoms with Crippen molar-refractivity contribution in [3.8, 4) is 0 Å². The fourth-order valence-electron chi connectivity index (χ4n) is 4.80. The lowest BCUT2D eigenvalue weighted by Gasteiger charge is -2.33. The van der Waals surface area contributed by atoms with Gasteiger partial charge in [-0.25, -0.2) is 4.79 Å². The number of ether oxygens (including phenoxy) is 1. The van der Waals surface area contributed by atoms with Gasteiger partial charge in [-0.2, -0.15) is 0 Å². The first-order valence-electron chi connectivity index (χ1n) is 11.3. The minimum Gasteiger partial charge on any atom is -0.461 e. The van der Waals surface area contributed by atoms with Gasteiger partial charge in [-0.3, -0.25) is 4.90 Å². The topological polar surface area (TPSA) is 32.8 Å². The van der Waals surface area contributed by atoms with Crippen LogP contribution in [0.3, 0.4) is 0 Å². The van der Waals surface area contributed by atoms with E-state index < -0.39 is 0 Å². The second-order valence-electron chi connectivity index (χ2n) is 8.60. The lowest BCUT2D eigenvalue weighted by molar-refractivity contribution is -0.152. The van der Waals surface area contributed by atoms with Crippen molar-refractivity contribution in [3.63, 3.8) is 0 Å². The van der Waals surface area contributed by atoms with Gasteiger partial charge < -0.3 is 9.64 Å². The van der Waals surface area contributed by atoms with E-state index in [4.69, 9.17) is 16.3 Å². The van der Waals surface area contributed by atoms with E-state index in [0.29, 0.717) is 6.42 Å². The van der Waals surface area contributed by atoms with Crippen molar-refractivity contribution in [3.05, 3.63) is 95.0 Å². The smallest absolute Gasteiger partial charge is 0.329 e. The summed E-state index contributed by atoms with van der Waals surface area (Å²) in [6.07, 6.45) is 2.37. The zero-order chi connectivity index (χ0) is 21.9. The number of anilines is 2. The first-order valence-corrected chi connectivity index (χ1v) is 11.6. The number of para-hydroxylation sites is 2. The van der Waals surface area contributed by atoms with Crippen LogP contribution in [0.25, 0.3) is 0 Å². The van der Waals surface area contributed by atoms with Crippen molar-refractivity contribution in [2.45, 2.75) is 38.0 Å². The minimum absolute atomic E-state index is 0.0283. The summed E-state index contributed by atoms with van der Waals surface area (Å²) >= 11 is 6.11. The highest BCUT2D eigenvalue weighted by atomic mass is 35.5. The molecule has 0 radical (unpaired) electrons. The minimum atomic E-state index is -0.320. The molecule has 32 heavy (non-hydrogen) atoms. The predicted octanol–water partition coefficient (Wildman–Crippen LogP) is 5.61. The Bertz CT molecular complexity index is 1080. The standard InChI is InChI=1S/C27H27ClN2O2/c28-22-9-6-7-20(17-22)19-29-15-13-24(14-16-29)32-27(31)26-18-21-8-4-5-12-25(21)30(26)23-10-2-1-3-11-23/h1-12,17,24,26H,13-16,18-19H2. The lowest BCUT2D eigenvalue weighted by Crippen LogP contribution is -2.42. The van der Waals surface area contributed by atoms with E-state index in [2.05, 4.69) is 40.1 Å². The highest BCUT2D eigenvalue weighted by Crippen LogP contribution is 2.38. The third-order valence-corrected chi connectivity index (χ3v) is 6.63. The van der Waals surface area contributed by atoms with Crippen LogP contribution in [0, 0.1) is 0 Å². The predicted molar refractivity (Wildman–Crippen MR) is 128 cm³/mol. The van der Waals surface area contributed by atoms with Crippen molar-refractivity contribution < 1.29 is 9.53 Å². The van der Waals surface area contributed by atoms with E-state index in [1.54, 1.807) is 0 Å². The molecule has 0 N–H and O–H groups in total. The van der Waals surface area contributed by atoms with Gasteiger partial charge in [-0.15, -0.1) is 0 Å². The molecule has 3 aromatic rings. The van der Waals surface area contributed by atoms with Crippen molar-refractivity contribution in [1.29, 1.82) is 0 Å². The van der Waals surface area contributed by atoms with Crippen LogP contribution in [0.2, 0.25) is 5.02 Å². The fourth-order valence-corrected chi connectivity index (χ4v) is 5.02. The van der Waals surface area contributed by atoms with Crippen LogP contribution in [-0.4, -0.2) is 36.1 Å². The summed E-state index contributed by atoms with van der Waals surface area (Å²) in [6, 6.07) is 26.1. The number of halogens is 1. The molecule has 1 saturated heterocycles. The maximum atomic E-state index is 13.3. The zero-order valence-electron chi connectivity index (χ0n) is 18.0. The van der Waals surface area contributed by atoms with E-state index in [9.17, 15) is 4.79 Å². The molecule has 2 aliphatic rings. The molecule has 0 aliphatic carbocycles. The first kappa shape index (κ1) is 21.0. The number of fused-ring (bicyclic) bond motifs is 1. The molecular weight excluding hydrogens is 420 g/mol. The summed E-state index contributed by atoms with van der Waals surface area (Å²) < 4.78 is 6.05. The molecule has 1 fully saturated rings. The number of likely N-dealkylation sites (tertiary alicyclic amines) is 1. The highest BCUT2D eigenvalue weighted by Gasteiger charge is 2.37. The van der Waals surface area contributed by atoms with Crippen LogP contribution < -0.4 is 4.90 Å². The summed E-state index contributed by atoms with van der Waals surface area (Å²) in [5.74, 6) is -0.127. The average molecular weight is 447 g/mol. The van der Waals surface area contributed by atoms with Gasteiger partial charge in [0, 0.05) is 42.5 Å². The Balaban J connectivity index is 1.22. The molecule has 5 rings (SSSR count). The van der Waals surface area contributed by atoms with Gasteiger partial charge in [0.1, 0.15) is 12.1 Å². The van der Waals surface area contributed by atoms with Crippen LogP contribution in [-0.2, 0) is 22.5 Å². The molecule has 0 aromatic heterocycles. The Morgan fingerprint density at radius 1 is 0.938 bits per heavy atom. The molecule has 3 aromatic carbocycles. The number of nitrogens with zero attached hydrogens (tertiary/aromatic N) is 2. The van der Waals surface area contributed by atoms with Crippen LogP contribution >= 0.6 is 11.6 Å². The van der Waals surface area contributed by atoms with Gasteiger partial charge in [0.15, 0.2) is 0 Å². The largest absolute Gasteiger partial charge is 0.461 e. The van der Waals surface area contributed by atoms with Gasteiger partial charge in [-0.1, -0.05) is 60.1 Å². The number of benzene rings is 3. The number of carbonyl (C=O) groups excluding carboxylic acids is 1. The SMILES string of the molecule is O=C(OC1CCN(Cc2cccc(Cl)c2)CC1)C1Cc2ccccc2N1c1ccccc1. The molecule has 2 heterocycles. The Morgan fingerprint density at radius 2 is 1.69 bits per heavy atom. The number of hydrogen-bond acceptors (Lipinski definition) is 4. The second-order valence-corrected chi connectivity index (χ2v) is 9.03. The summed E-state index contributed by atoms with van der Waals surface area (Å²) in [4.78, 5) is 17.8. The quantitative estimate of drug-likeness (QED) is 0.477. The molecule has 0 amide bonds. The molecule has 164 valence electrons. The molecule has 0 saturated carbocycles. The highest BCUT2D eigenvalue weighted by molar-refractivity contribution is 6.30. The Kier molecular flexibility index (Phi) is 6.15. The van der Waals surface area contributed by atoms with Crippen LogP contribution in [0.1, 0.15) is 24.0 Å². The molecular formula is C27H27ClN2O2. The Morgan fingerprint density at radius 3 is 2.47 bits per heavy atom. The summed E-state index contributed by atoms with van der Waals surface area (Å²) in [5.41, 5.74) is 4.53. The molecule has 5 heteroatoms. The van der Waals surface area contributed by atoms with E-state index in [0.717, 1.165) is 48.9 Å². The van der Waals surface area contributed by atoms with E-state index >= 15 is 0 Å². The van der Waals surface area contributed by atoms with Crippen LogP contribution in [0.15, 0.2) is 78.9 Å². The number of esters is 1. The third-order valence-electron chi connectivity index (χ3n) is 6.40. The average Bonchev–Trinajstić information content (AvgIpc) is 3.21. The summed E-state index contributed by atoms with van der Waals surface area (Å²) in [5, 5.41) is 0.770. The maximum Gasteiger partial charge on any atom is 0.329 e. The summed E-state index contributed by atoms with van der Waals surface area (Å²) in [7, 11) is 0. The normalized spacial score (nSPS) is 19.0. The van der Waals surface area contributed by atoms with Crippen molar-refractivity contribution in [2.75, 3.05) is 18.0 Å². The fraction of sp³-hybridized carbons (Fsp3) is 0.296. The lowest BCUT2D eigenvalue weighted by atomic mass is 10.1. The number of carbonyl (C=O) groups is 1. The monoisotopic (exact) mass is 446 g/mol. The van der Waals surface area contributed by atoms with Gasteiger partial charge in [0.2, 0.25) is 0 Å². The van der Waals surface area contributed by atoms with E-state index in [-0.39, 0.29) is 18.1 Å². The number of rotatable bonds is 5. The van der Waals surface area contributed by atoms with Gasteiger partial charge >= 0.3 is 5.97 Å². The molecule has 1 atom stereocenters. The third kappa shape index (κ3) is 4.52. The van der Waals surface area contributed by atoms with Crippen LogP contribution in [0.5, 0.6) is 0 Å². The zero-order valence-corrected chi connectivity index (χ0v) is 18.7. The van der Waals surface area contributed by atoms with Gasteiger partial charge in [0.05, 0.1) is 0 Å². The molecule has 0 spiro atoms. The number of piperidine rings is 1. The first-order chi connectivity index (χ1) is 15.7. The molecule has 1 unspecified atom stereocenters. The van der Waals surface area contributed by atoms with Gasteiger partial charge in [0.25, 0.3) is 0 Å². The maximum absolute atomic E-state index is 13.3. The summed E-state index contributed by atoms with van der Waals surface area (Å²) in [6.45, 7) is 2.70. The molecule has 0 bridgehead atoms. The Labute approximate surface area is 194 Å². The second kappa shape index (κ2) is 9.35. The van der Waals surface area contributed by atoms with Crippen molar-refractivity contribution in [2.24, 2.45) is 0 Å². The Hall–Kier alpha value is -2.82. The number of hydrogen-bond donors (Lipinski definition) is 0. The van der Waals surface area contributed by atoms with E-state index in [1.165, 1.54) is 11.1 Å².